The molecule has 0 heterocycles. The number of amides is 1. The van der Waals surface area contributed by atoms with E-state index in [1.807, 2.05) is 6.92 Å². The molecule has 7 nitrogen and oxygen atoms in total. The zero-order valence-electron chi connectivity index (χ0n) is 16.1. The molecule has 1 aromatic carbocycles. The Morgan fingerprint density at radius 2 is 1.79 bits per heavy atom. The normalized spacial score (nSPS) is 13.4. The predicted molar refractivity (Wildman–Crippen MR) is 96.5 cm³/mol. The summed E-state index contributed by atoms with van der Waals surface area (Å²) in [5.41, 5.74) is 0.420. The van der Waals surface area contributed by atoms with E-state index in [1.54, 1.807) is 6.92 Å². The smallest absolute Gasteiger partial charge is 0.467 e. The molecule has 1 rings (SSSR count). The molecular formula is C19H22F3NO6. The number of nitrogens with one attached hydrogen (secondary N) is 1. The second-order valence-electron chi connectivity index (χ2n) is 6.01. The molecule has 0 aliphatic carbocycles. The highest BCUT2D eigenvalue weighted by molar-refractivity contribution is 5.90. The van der Waals surface area contributed by atoms with Crippen molar-refractivity contribution < 1.29 is 41.8 Å². The summed E-state index contributed by atoms with van der Waals surface area (Å²) in [6.45, 7) is 3.01. The first-order valence-corrected chi connectivity index (χ1v) is 8.63. The first-order chi connectivity index (χ1) is 13.6. The van der Waals surface area contributed by atoms with Crippen LogP contribution >= 0.6 is 0 Å². The fraction of sp³-hybridized carbons (Fsp3) is 0.421. The molecule has 0 aliphatic rings. The summed E-state index contributed by atoms with van der Waals surface area (Å²) >= 11 is 0. The topological polar surface area (TPSA) is 90.9 Å². The van der Waals surface area contributed by atoms with Crippen molar-refractivity contribution in [3.8, 4) is 5.75 Å². The zero-order valence-corrected chi connectivity index (χ0v) is 16.1. The van der Waals surface area contributed by atoms with Crippen LogP contribution in [-0.4, -0.2) is 44.0 Å². The lowest BCUT2D eigenvalue weighted by atomic mass is 9.99. The number of esters is 2. The van der Waals surface area contributed by atoms with Gasteiger partial charge in [-0.1, -0.05) is 32.4 Å². The van der Waals surface area contributed by atoms with Crippen molar-refractivity contribution >= 4 is 23.9 Å². The second kappa shape index (κ2) is 11.1. The van der Waals surface area contributed by atoms with Gasteiger partial charge in [-0.2, -0.15) is 0 Å². The summed E-state index contributed by atoms with van der Waals surface area (Å²) < 4.78 is 49.4. The van der Waals surface area contributed by atoms with E-state index >= 15 is 0 Å². The molecule has 0 aliphatic heterocycles. The molecule has 0 radical (unpaired) electrons. The van der Waals surface area contributed by atoms with Crippen molar-refractivity contribution in [3.63, 3.8) is 0 Å². The Hall–Kier alpha value is -3.04. The summed E-state index contributed by atoms with van der Waals surface area (Å²) in [5, 5.41) is 2.45. The first kappa shape index (κ1) is 24.0. The van der Waals surface area contributed by atoms with Crippen molar-refractivity contribution in [2.24, 2.45) is 5.92 Å². The van der Waals surface area contributed by atoms with Gasteiger partial charge in [0.15, 0.2) is 6.61 Å². The number of alkyl halides is 3. The maximum Gasteiger partial charge on any atom is 0.573 e. The van der Waals surface area contributed by atoms with E-state index in [0.717, 1.165) is 18.2 Å². The molecule has 160 valence electrons. The van der Waals surface area contributed by atoms with Gasteiger partial charge in [-0.25, -0.2) is 9.59 Å². The lowest BCUT2D eigenvalue weighted by molar-refractivity contribution is -0.274. The largest absolute Gasteiger partial charge is 0.573 e. The molecule has 0 fully saturated rings. The van der Waals surface area contributed by atoms with E-state index in [1.165, 1.54) is 25.3 Å². The molecule has 1 aromatic rings. The van der Waals surface area contributed by atoms with Gasteiger partial charge in [0.1, 0.15) is 11.8 Å². The minimum absolute atomic E-state index is 0.175. The number of ether oxygens (including phenoxy) is 3. The van der Waals surface area contributed by atoms with Crippen molar-refractivity contribution in [1.82, 2.24) is 5.32 Å². The number of hydrogen-bond acceptors (Lipinski definition) is 6. The van der Waals surface area contributed by atoms with Crippen molar-refractivity contribution in [2.45, 2.75) is 32.7 Å². The molecule has 0 saturated carbocycles. The molecule has 0 aromatic heterocycles. The van der Waals surface area contributed by atoms with Crippen LogP contribution in [0, 0.1) is 5.92 Å². The molecule has 1 amide bonds. The van der Waals surface area contributed by atoms with Crippen LogP contribution in [0.25, 0.3) is 6.08 Å². The standard InChI is InChI=1S/C19H22F3NO6/c1-4-12(2)17(18(26)27-3)23-15(24)11-28-16(25)10-7-13-5-8-14(9-6-13)29-19(20,21)22/h5-10,12,17H,4,11H2,1-3H3,(H,23,24)/b10-7+/t12-,17+/m1/s1. The van der Waals surface area contributed by atoms with Crippen molar-refractivity contribution in [3.05, 3.63) is 35.9 Å². The van der Waals surface area contributed by atoms with Crippen LogP contribution in [0.3, 0.4) is 0 Å². The van der Waals surface area contributed by atoms with E-state index in [9.17, 15) is 27.6 Å². The van der Waals surface area contributed by atoms with Crippen LogP contribution in [0.2, 0.25) is 0 Å². The summed E-state index contributed by atoms with van der Waals surface area (Å²) in [6, 6.07) is 3.95. The zero-order chi connectivity index (χ0) is 22.0. The molecule has 0 bridgehead atoms. The average molecular weight is 417 g/mol. The Balaban J connectivity index is 2.53. The minimum atomic E-state index is -4.79. The highest BCUT2D eigenvalue weighted by Crippen LogP contribution is 2.23. The Kier molecular flexibility index (Phi) is 9.17. The van der Waals surface area contributed by atoms with E-state index in [-0.39, 0.29) is 5.92 Å². The van der Waals surface area contributed by atoms with Gasteiger partial charge in [0.05, 0.1) is 7.11 Å². The summed E-state index contributed by atoms with van der Waals surface area (Å²) in [5.74, 6) is -2.68. The number of hydrogen-bond donors (Lipinski definition) is 1. The van der Waals surface area contributed by atoms with E-state index in [4.69, 9.17) is 4.74 Å². The second-order valence-corrected chi connectivity index (χ2v) is 6.01. The van der Waals surface area contributed by atoms with Crippen molar-refractivity contribution in [2.75, 3.05) is 13.7 Å². The molecule has 0 saturated heterocycles. The van der Waals surface area contributed by atoms with Crippen LogP contribution in [0.5, 0.6) is 5.75 Å². The third kappa shape index (κ3) is 9.13. The maximum absolute atomic E-state index is 12.1. The Bertz CT molecular complexity index is 730. The number of halogens is 3. The Morgan fingerprint density at radius 1 is 1.17 bits per heavy atom. The van der Waals surface area contributed by atoms with Gasteiger partial charge < -0.3 is 19.5 Å². The van der Waals surface area contributed by atoms with Crippen LogP contribution in [0.4, 0.5) is 13.2 Å². The monoisotopic (exact) mass is 417 g/mol. The number of carbonyl (C=O) groups excluding carboxylic acids is 3. The third-order valence-electron chi connectivity index (χ3n) is 3.86. The fourth-order valence-electron chi connectivity index (χ4n) is 2.14. The SMILES string of the molecule is CC[C@@H](C)[C@H](NC(=O)COC(=O)/C=C/c1ccc(OC(F)(F)F)cc1)C(=O)OC. The highest BCUT2D eigenvalue weighted by atomic mass is 19.4. The highest BCUT2D eigenvalue weighted by Gasteiger charge is 2.31. The number of rotatable bonds is 9. The van der Waals surface area contributed by atoms with E-state index < -0.39 is 42.6 Å². The minimum Gasteiger partial charge on any atom is -0.467 e. The molecule has 2 atom stereocenters. The third-order valence-corrected chi connectivity index (χ3v) is 3.86. The van der Waals surface area contributed by atoms with E-state index in [2.05, 4.69) is 14.8 Å². The predicted octanol–water partition coefficient (Wildman–Crippen LogP) is 2.85. The van der Waals surface area contributed by atoms with Gasteiger partial charge in [-0.05, 0) is 29.7 Å². The lowest BCUT2D eigenvalue weighted by Crippen LogP contribution is -2.47. The van der Waals surface area contributed by atoms with Gasteiger partial charge in [-0.3, -0.25) is 4.79 Å². The fourth-order valence-corrected chi connectivity index (χ4v) is 2.14. The first-order valence-electron chi connectivity index (χ1n) is 8.63. The summed E-state index contributed by atoms with van der Waals surface area (Å²) in [4.78, 5) is 35.3. The van der Waals surface area contributed by atoms with Crippen LogP contribution < -0.4 is 10.1 Å². The van der Waals surface area contributed by atoms with Crippen LogP contribution in [-0.2, 0) is 23.9 Å². The summed E-state index contributed by atoms with van der Waals surface area (Å²) in [6.07, 6.45) is -1.85. The van der Waals surface area contributed by atoms with Gasteiger partial charge in [0.25, 0.3) is 5.91 Å². The quantitative estimate of drug-likeness (QED) is 0.491. The van der Waals surface area contributed by atoms with Gasteiger partial charge in [0.2, 0.25) is 0 Å². The summed E-state index contributed by atoms with van der Waals surface area (Å²) in [7, 11) is 1.20. The Morgan fingerprint density at radius 3 is 2.31 bits per heavy atom. The van der Waals surface area contributed by atoms with Gasteiger partial charge >= 0.3 is 18.3 Å². The lowest BCUT2D eigenvalue weighted by Gasteiger charge is -2.21. The number of benzene rings is 1. The molecule has 1 N–H and O–H groups in total. The van der Waals surface area contributed by atoms with Gasteiger partial charge in [-0.15, -0.1) is 13.2 Å². The molecule has 0 unspecified atom stereocenters. The average Bonchev–Trinajstić information content (AvgIpc) is 2.67. The van der Waals surface area contributed by atoms with Crippen LogP contribution in [0.15, 0.2) is 30.3 Å². The molecule has 29 heavy (non-hydrogen) atoms. The Labute approximate surface area is 165 Å². The maximum atomic E-state index is 12.1. The number of methoxy groups -OCH3 is 1. The number of carbonyl (C=O) groups is 3. The van der Waals surface area contributed by atoms with E-state index in [0.29, 0.717) is 12.0 Å². The van der Waals surface area contributed by atoms with Crippen LogP contribution in [0.1, 0.15) is 25.8 Å². The molecule has 0 spiro atoms. The molecule has 10 heteroatoms. The molecular weight excluding hydrogens is 395 g/mol. The van der Waals surface area contributed by atoms with Crippen molar-refractivity contribution in [1.29, 1.82) is 0 Å². The van der Waals surface area contributed by atoms with Gasteiger partial charge in [0, 0.05) is 6.08 Å².